The molecule has 0 radical (unpaired) electrons. The van der Waals surface area contributed by atoms with Crippen LogP contribution in [-0.2, 0) is 13.1 Å². The molecule has 0 aromatic carbocycles. The first kappa shape index (κ1) is 12.9. The first-order valence-corrected chi connectivity index (χ1v) is 6.05. The van der Waals surface area contributed by atoms with Gasteiger partial charge in [0.05, 0.1) is 5.69 Å². The molecule has 1 N–H and O–H groups in total. The number of nitrogens with zero attached hydrogens (tertiary/aromatic N) is 2. The molecule has 4 heteroatoms. The summed E-state index contributed by atoms with van der Waals surface area (Å²) in [4.78, 5) is 11.4. The lowest BCUT2D eigenvalue weighted by Gasteiger charge is -2.06. The minimum absolute atomic E-state index is 0.0147. The highest BCUT2D eigenvalue weighted by Gasteiger charge is 1.99. The van der Waals surface area contributed by atoms with E-state index in [2.05, 4.69) is 17.3 Å². The monoisotopic (exact) mass is 223 g/mol. The summed E-state index contributed by atoms with van der Waals surface area (Å²) in [6.45, 7) is 6.65. The Hall–Kier alpha value is -1.16. The van der Waals surface area contributed by atoms with Crippen molar-refractivity contribution in [2.24, 2.45) is 0 Å². The lowest BCUT2D eigenvalue weighted by molar-refractivity contribution is 0.540. The molecule has 1 aromatic heterocycles. The molecule has 0 aliphatic heterocycles. The topological polar surface area (TPSA) is 46.9 Å². The third-order valence-corrected chi connectivity index (χ3v) is 2.37. The van der Waals surface area contributed by atoms with Crippen molar-refractivity contribution in [1.29, 1.82) is 0 Å². The van der Waals surface area contributed by atoms with Crippen LogP contribution < -0.4 is 10.9 Å². The van der Waals surface area contributed by atoms with Crippen molar-refractivity contribution in [3.8, 4) is 0 Å². The summed E-state index contributed by atoms with van der Waals surface area (Å²) in [6, 6.07) is 3.40. The number of unbranched alkanes of at least 4 members (excludes halogenated alkanes) is 1. The fraction of sp³-hybridized carbons (Fsp3) is 0.667. The summed E-state index contributed by atoms with van der Waals surface area (Å²) in [7, 11) is 0. The first-order valence-electron chi connectivity index (χ1n) is 6.05. The average molecular weight is 223 g/mol. The smallest absolute Gasteiger partial charge is 0.266 e. The number of hydrogen-bond acceptors (Lipinski definition) is 3. The van der Waals surface area contributed by atoms with Crippen molar-refractivity contribution in [3.05, 3.63) is 28.2 Å². The zero-order valence-corrected chi connectivity index (χ0v) is 10.2. The molecular weight excluding hydrogens is 202 g/mol. The molecule has 16 heavy (non-hydrogen) atoms. The Balaban J connectivity index is 2.53. The van der Waals surface area contributed by atoms with Gasteiger partial charge in [-0.25, -0.2) is 4.68 Å². The maximum absolute atomic E-state index is 11.4. The number of aryl methyl sites for hydroxylation is 1. The fourth-order valence-electron chi connectivity index (χ4n) is 1.48. The third-order valence-electron chi connectivity index (χ3n) is 2.37. The van der Waals surface area contributed by atoms with E-state index in [0.29, 0.717) is 6.54 Å². The Kier molecular flexibility index (Phi) is 5.78. The largest absolute Gasteiger partial charge is 0.311 e. The van der Waals surface area contributed by atoms with E-state index in [0.717, 1.165) is 25.2 Å². The fourth-order valence-corrected chi connectivity index (χ4v) is 1.48. The molecule has 0 aliphatic carbocycles. The number of nitrogens with one attached hydrogen (secondary N) is 1. The highest BCUT2D eigenvalue weighted by molar-refractivity contribution is 4.99. The lowest BCUT2D eigenvalue weighted by Crippen LogP contribution is -2.25. The van der Waals surface area contributed by atoms with Crippen LogP contribution in [0, 0.1) is 0 Å². The van der Waals surface area contributed by atoms with E-state index in [9.17, 15) is 4.79 Å². The molecule has 0 unspecified atom stereocenters. The van der Waals surface area contributed by atoms with Gasteiger partial charge in [0.2, 0.25) is 0 Å². The summed E-state index contributed by atoms with van der Waals surface area (Å²) >= 11 is 0. The van der Waals surface area contributed by atoms with Crippen molar-refractivity contribution < 1.29 is 0 Å². The van der Waals surface area contributed by atoms with E-state index in [1.807, 2.05) is 6.92 Å². The highest BCUT2D eigenvalue weighted by Crippen LogP contribution is 1.92. The lowest BCUT2D eigenvalue weighted by atomic mass is 10.3. The predicted molar refractivity (Wildman–Crippen MR) is 65.4 cm³/mol. The molecule has 0 bridgehead atoms. The minimum atomic E-state index is -0.0147. The molecule has 0 atom stereocenters. The van der Waals surface area contributed by atoms with Crippen LogP contribution in [0.15, 0.2) is 16.9 Å². The van der Waals surface area contributed by atoms with Gasteiger partial charge in [0, 0.05) is 19.2 Å². The second-order valence-electron chi connectivity index (χ2n) is 3.92. The second kappa shape index (κ2) is 7.17. The van der Waals surface area contributed by atoms with E-state index in [-0.39, 0.29) is 5.56 Å². The second-order valence-corrected chi connectivity index (χ2v) is 3.92. The normalized spacial score (nSPS) is 10.6. The van der Waals surface area contributed by atoms with Gasteiger partial charge in [-0.1, -0.05) is 20.3 Å². The highest BCUT2D eigenvalue weighted by atomic mass is 16.1. The van der Waals surface area contributed by atoms with E-state index >= 15 is 0 Å². The van der Waals surface area contributed by atoms with Gasteiger partial charge in [-0.05, 0) is 25.5 Å². The number of rotatable bonds is 7. The summed E-state index contributed by atoms with van der Waals surface area (Å²) in [6.07, 6.45) is 3.30. The minimum Gasteiger partial charge on any atom is -0.311 e. The van der Waals surface area contributed by atoms with Crippen LogP contribution in [0.1, 0.15) is 38.8 Å². The standard InChI is InChI=1S/C12H21N3O/c1-3-5-8-13-10-11-6-7-12(16)15(14-11)9-4-2/h6-7,13H,3-5,8-10H2,1-2H3. The van der Waals surface area contributed by atoms with E-state index in [1.54, 1.807) is 12.1 Å². The van der Waals surface area contributed by atoms with Gasteiger partial charge in [0.1, 0.15) is 0 Å². The quantitative estimate of drug-likeness (QED) is 0.713. The summed E-state index contributed by atoms with van der Waals surface area (Å²) < 4.78 is 1.54. The predicted octanol–water partition coefficient (Wildman–Crippen LogP) is 1.54. The SMILES string of the molecule is CCCCNCc1ccc(=O)n(CCC)n1. The summed E-state index contributed by atoms with van der Waals surface area (Å²) in [5.74, 6) is 0. The van der Waals surface area contributed by atoms with Crippen molar-refractivity contribution in [2.45, 2.75) is 46.2 Å². The van der Waals surface area contributed by atoms with Gasteiger partial charge in [-0.15, -0.1) is 0 Å². The van der Waals surface area contributed by atoms with Crippen molar-refractivity contribution in [2.75, 3.05) is 6.54 Å². The summed E-state index contributed by atoms with van der Waals surface area (Å²) in [5, 5.41) is 7.61. The Morgan fingerprint density at radius 1 is 1.31 bits per heavy atom. The van der Waals surface area contributed by atoms with Gasteiger partial charge in [-0.3, -0.25) is 4.79 Å². The van der Waals surface area contributed by atoms with Crippen LogP contribution in [0.4, 0.5) is 0 Å². The third kappa shape index (κ3) is 4.14. The zero-order valence-electron chi connectivity index (χ0n) is 10.2. The molecule has 4 nitrogen and oxygen atoms in total. The van der Waals surface area contributed by atoms with E-state index in [1.165, 1.54) is 17.5 Å². The summed E-state index contributed by atoms with van der Waals surface area (Å²) in [5.41, 5.74) is 0.920. The molecule has 1 aromatic rings. The van der Waals surface area contributed by atoms with Crippen LogP contribution in [0.25, 0.3) is 0 Å². The average Bonchev–Trinajstić information content (AvgIpc) is 2.29. The Labute approximate surface area is 96.7 Å². The van der Waals surface area contributed by atoms with E-state index in [4.69, 9.17) is 0 Å². The Bertz CT molecular complexity index is 360. The van der Waals surface area contributed by atoms with Crippen LogP contribution in [0.3, 0.4) is 0 Å². The molecule has 1 rings (SSSR count). The van der Waals surface area contributed by atoms with E-state index < -0.39 is 0 Å². The van der Waals surface area contributed by atoms with Crippen LogP contribution in [0.5, 0.6) is 0 Å². The van der Waals surface area contributed by atoms with Crippen molar-refractivity contribution in [1.82, 2.24) is 15.1 Å². The zero-order chi connectivity index (χ0) is 11.8. The van der Waals surface area contributed by atoms with Gasteiger partial charge in [-0.2, -0.15) is 5.10 Å². The van der Waals surface area contributed by atoms with Crippen LogP contribution in [-0.4, -0.2) is 16.3 Å². The Morgan fingerprint density at radius 3 is 2.81 bits per heavy atom. The number of hydrogen-bond donors (Lipinski definition) is 1. The van der Waals surface area contributed by atoms with Gasteiger partial charge in [0.25, 0.3) is 5.56 Å². The maximum atomic E-state index is 11.4. The van der Waals surface area contributed by atoms with Gasteiger partial charge < -0.3 is 5.32 Å². The molecule has 1 heterocycles. The van der Waals surface area contributed by atoms with Gasteiger partial charge in [0.15, 0.2) is 0 Å². The van der Waals surface area contributed by atoms with Crippen molar-refractivity contribution >= 4 is 0 Å². The molecule has 90 valence electrons. The molecule has 0 aliphatic rings. The molecule has 0 saturated carbocycles. The molecule has 0 fully saturated rings. The molecule has 0 spiro atoms. The van der Waals surface area contributed by atoms with Crippen LogP contribution in [0.2, 0.25) is 0 Å². The maximum Gasteiger partial charge on any atom is 0.266 e. The molecular formula is C12H21N3O. The Morgan fingerprint density at radius 2 is 2.12 bits per heavy atom. The van der Waals surface area contributed by atoms with Crippen molar-refractivity contribution in [3.63, 3.8) is 0 Å². The molecule has 0 saturated heterocycles. The van der Waals surface area contributed by atoms with Gasteiger partial charge >= 0.3 is 0 Å². The number of aromatic nitrogens is 2. The van der Waals surface area contributed by atoms with Crippen LogP contribution >= 0.6 is 0 Å². The first-order chi connectivity index (χ1) is 7.77. The molecule has 0 amide bonds.